The number of halogens is 2. The van der Waals surface area contributed by atoms with E-state index in [1.807, 2.05) is 12.1 Å². The molecule has 0 saturated heterocycles. The molecule has 0 aliphatic rings. The molecule has 0 unspecified atom stereocenters. The largest absolute Gasteiger partial charge is 0.358 e. The zero-order chi connectivity index (χ0) is 13.4. The lowest BCUT2D eigenvalue weighted by molar-refractivity contribution is 1.14. The van der Waals surface area contributed by atoms with Crippen LogP contribution in [0.5, 0.6) is 0 Å². The Bertz CT molecular complexity index is 746. The van der Waals surface area contributed by atoms with E-state index in [1.54, 1.807) is 0 Å². The Kier molecular flexibility index (Phi) is 3.38. The fourth-order valence-corrected chi connectivity index (χ4v) is 3.24. The normalized spacial score (nSPS) is 11.1. The van der Waals surface area contributed by atoms with Gasteiger partial charge in [0.05, 0.1) is 0 Å². The van der Waals surface area contributed by atoms with Gasteiger partial charge in [-0.3, -0.25) is 0 Å². The van der Waals surface area contributed by atoms with Gasteiger partial charge in [-0.15, -0.1) is 0 Å². The van der Waals surface area contributed by atoms with Gasteiger partial charge < -0.3 is 4.98 Å². The molecule has 0 aliphatic carbocycles. The summed E-state index contributed by atoms with van der Waals surface area (Å²) in [6.45, 7) is 2.12. The second kappa shape index (κ2) is 5.03. The molecule has 0 radical (unpaired) electrons. The Hall–Kier alpha value is -1.25. The number of rotatable bonds is 2. The molecule has 0 aliphatic heterocycles. The zero-order valence-corrected chi connectivity index (χ0v) is 12.8. The van der Waals surface area contributed by atoms with Gasteiger partial charge in [0.1, 0.15) is 0 Å². The molecule has 0 fully saturated rings. The van der Waals surface area contributed by atoms with Crippen molar-refractivity contribution < 1.29 is 0 Å². The van der Waals surface area contributed by atoms with Gasteiger partial charge in [-0.05, 0) is 36.2 Å². The number of hydrogen-bond acceptors (Lipinski definition) is 0. The third-order valence-electron chi connectivity index (χ3n) is 3.41. The number of para-hydroxylation sites is 1. The van der Waals surface area contributed by atoms with Gasteiger partial charge in [0, 0.05) is 32.5 Å². The second-order valence-electron chi connectivity index (χ2n) is 4.69. The van der Waals surface area contributed by atoms with E-state index in [4.69, 9.17) is 11.6 Å². The number of aryl methyl sites for hydroxylation is 1. The highest BCUT2D eigenvalue weighted by molar-refractivity contribution is 9.10. The van der Waals surface area contributed by atoms with Crippen molar-refractivity contribution in [3.8, 4) is 0 Å². The van der Waals surface area contributed by atoms with E-state index in [1.165, 1.54) is 27.7 Å². The molecule has 1 aromatic heterocycles. The summed E-state index contributed by atoms with van der Waals surface area (Å²) in [7, 11) is 0. The Morgan fingerprint density at radius 2 is 1.95 bits per heavy atom. The summed E-state index contributed by atoms with van der Waals surface area (Å²) < 4.78 is 1.06. The van der Waals surface area contributed by atoms with Gasteiger partial charge in [0.15, 0.2) is 0 Å². The molecule has 3 aromatic rings. The Balaban J connectivity index is 2.08. The highest BCUT2D eigenvalue weighted by Gasteiger charge is 2.10. The minimum Gasteiger partial charge on any atom is -0.358 e. The summed E-state index contributed by atoms with van der Waals surface area (Å²) in [6, 6.07) is 14.4. The molecular formula is C16H13BrClN. The summed E-state index contributed by atoms with van der Waals surface area (Å²) in [6.07, 6.45) is 0.896. The minimum atomic E-state index is 0.756. The molecule has 1 nitrogen and oxygen atoms in total. The number of nitrogens with one attached hydrogen (secondary N) is 1. The third kappa shape index (κ3) is 2.43. The van der Waals surface area contributed by atoms with Crippen LogP contribution in [0.1, 0.15) is 16.8 Å². The van der Waals surface area contributed by atoms with Crippen molar-refractivity contribution in [2.24, 2.45) is 0 Å². The first-order valence-electron chi connectivity index (χ1n) is 6.15. The molecule has 0 amide bonds. The van der Waals surface area contributed by atoms with Crippen LogP contribution in [0.15, 0.2) is 46.9 Å². The summed E-state index contributed by atoms with van der Waals surface area (Å²) in [5, 5.41) is 2.05. The maximum absolute atomic E-state index is 5.99. The molecule has 0 bridgehead atoms. The van der Waals surface area contributed by atoms with E-state index >= 15 is 0 Å². The Morgan fingerprint density at radius 1 is 1.16 bits per heavy atom. The van der Waals surface area contributed by atoms with E-state index in [0.29, 0.717) is 0 Å². The van der Waals surface area contributed by atoms with Gasteiger partial charge >= 0.3 is 0 Å². The van der Waals surface area contributed by atoms with Crippen LogP contribution in [-0.2, 0) is 6.42 Å². The molecule has 1 heterocycles. The lowest BCUT2D eigenvalue weighted by atomic mass is 10.0. The van der Waals surface area contributed by atoms with Crippen LogP contribution in [0.4, 0.5) is 0 Å². The third-order valence-corrected chi connectivity index (χ3v) is 4.38. The van der Waals surface area contributed by atoms with E-state index in [0.717, 1.165) is 15.9 Å². The predicted molar refractivity (Wildman–Crippen MR) is 85.0 cm³/mol. The lowest BCUT2D eigenvalue weighted by Crippen LogP contribution is -1.91. The molecule has 3 heteroatoms. The Labute approximate surface area is 125 Å². The van der Waals surface area contributed by atoms with E-state index in [2.05, 4.69) is 58.2 Å². The average Bonchev–Trinajstić information content (AvgIpc) is 2.69. The number of benzene rings is 2. The molecule has 1 N–H and O–H groups in total. The standard InChI is InChI=1S/C16H13BrClN/c1-10-14(13-4-2-3-5-16(13)19-10)8-11-6-7-12(18)9-15(11)17/h2-7,9,19H,8H2,1H3. The van der Waals surface area contributed by atoms with Gasteiger partial charge in [-0.25, -0.2) is 0 Å². The molecule has 0 spiro atoms. The summed E-state index contributed by atoms with van der Waals surface area (Å²) in [4.78, 5) is 3.44. The molecule has 2 aromatic carbocycles. The number of fused-ring (bicyclic) bond motifs is 1. The summed E-state index contributed by atoms with van der Waals surface area (Å²) >= 11 is 9.58. The molecule has 0 saturated carbocycles. The van der Waals surface area contributed by atoms with Crippen molar-refractivity contribution in [2.75, 3.05) is 0 Å². The van der Waals surface area contributed by atoms with Gasteiger partial charge in [0.2, 0.25) is 0 Å². The van der Waals surface area contributed by atoms with Crippen molar-refractivity contribution >= 4 is 38.4 Å². The number of hydrogen-bond donors (Lipinski definition) is 1. The van der Waals surface area contributed by atoms with Crippen molar-refractivity contribution in [3.63, 3.8) is 0 Å². The van der Waals surface area contributed by atoms with Crippen LogP contribution >= 0.6 is 27.5 Å². The fraction of sp³-hybridized carbons (Fsp3) is 0.125. The highest BCUT2D eigenvalue weighted by atomic mass is 79.9. The van der Waals surface area contributed by atoms with Crippen LogP contribution in [0, 0.1) is 6.92 Å². The first kappa shape index (κ1) is 12.8. The monoisotopic (exact) mass is 333 g/mol. The number of aromatic amines is 1. The fourth-order valence-electron chi connectivity index (χ4n) is 2.42. The second-order valence-corrected chi connectivity index (χ2v) is 5.98. The van der Waals surface area contributed by atoms with Gasteiger partial charge in [-0.1, -0.05) is 51.8 Å². The first-order chi connectivity index (χ1) is 9.15. The SMILES string of the molecule is Cc1[nH]c2ccccc2c1Cc1ccc(Cl)cc1Br. The smallest absolute Gasteiger partial charge is 0.0458 e. The van der Waals surface area contributed by atoms with Crippen LogP contribution in [0.2, 0.25) is 5.02 Å². The van der Waals surface area contributed by atoms with Crippen molar-refractivity contribution in [1.29, 1.82) is 0 Å². The summed E-state index contributed by atoms with van der Waals surface area (Å²) in [5.74, 6) is 0. The number of aromatic nitrogens is 1. The van der Waals surface area contributed by atoms with Crippen LogP contribution in [0.25, 0.3) is 10.9 Å². The summed E-state index contributed by atoms with van der Waals surface area (Å²) in [5.41, 5.74) is 5.01. The first-order valence-corrected chi connectivity index (χ1v) is 7.32. The molecule has 19 heavy (non-hydrogen) atoms. The van der Waals surface area contributed by atoms with E-state index < -0.39 is 0 Å². The molecule has 96 valence electrons. The Morgan fingerprint density at radius 3 is 2.74 bits per heavy atom. The highest BCUT2D eigenvalue weighted by Crippen LogP contribution is 2.28. The van der Waals surface area contributed by atoms with Crippen molar-refractivity contribution in [3.05, 3.63) is 68.8 Å². The molecule has 3 rings (SSSR count). The molecule has 0 atom stereocenters. The zero-order valence-electron chi connectivity index (χ0n) is 10.5. The number of H-pyrrole nitrogens is 1. The predicted octanol–water partition coefficient (Wildman–Crippen LogP) is 5.48. The quantitative estimate of drug-likeness (QED) is 0.638. The maximum Gasteiger partial charge on any atom is 0.0458 e. The minimum absolute atomic E-state index is 0.756. The molecular weight excluding hydrogens is 322 g/mol. The van der Waals surface area contributed by atoms with Gasteiger partial charge in [0.25, 0.3) is 0 Å². The topological polar surface area (TPSA) is 15.8 Å². The van der Waals surface area contributed by atoms with Crippen molar-refractivity contribution in [2.45, 2.75) is 13.3 Å². The van der Waals surface area contributed by atoms with E-state index in [9.17, 15) is 0 Å². The van der Waals surface area contributed by atoms with Crippen LogP contribution < -0.4 is 0 Å². The maximum atomic E-state index is 5.99. The van der Waals surface area contributed by atoms with E-state index in [-0.39, 0.29) is 0 Å². The van der Waals surface area contributed by atoms with Gasteiger partial charge in [-0.2, -0.15) is 0 Å². The van der Waals surface area contributed by atoms with Crippen LogP contribution in [0.3, 0.4) is 0 Å². The van der Waals surface area contributed by atoms with Crippen LogP contribution in [-0.4, -0.2) is 4.98 Å². The average molecular weight is 335 g/mol. The van der Waals surface area contributed by atoms with Crippen molar-refractivity contribution in [1.82, 2.24) is 4.98 Å². The lowest BCUT2D eigenvalue weighted by Gasteiger charge is -2.06.